The van der Waals surface area contributed by atoms with Gasteiger partial charge in [0.25, 0.3) is 0 Å². The average molecular weight is 290 g/mol. The van der Waals surface area contributed by atoms with Crippen LogP contribution in [0.15, 0.2) is 22.7 Å². The van der Waals surface area contributed by atoms with Gasteiger partial charge >= 0.3 is 0 Å². The van der Waals surface area contributed by atoms with Crippen molar-refractivity contribution in [3.8, 4) is 0 Å². The molecule has 0 fully saturated rings. The Labute approximate surface area is 98.8 Å². The smallest absolute Gasteiger partial charge is 0.151 e. The molecule has 1 heterocycles. The molecule has 14 heavy (non-hydrogen) atoms. The molecule has 1 nitrogen and oxygen atoms in total. The summed E-state index contributed by atoms with van der Waals surface area (Å²) < 4.78 is 2.01. The van der Waals surface area contributed by atoms with Crippen LogP contribution in [0.1, 0.15) is 15.2 Å². The minimum absolute atomic E-state index is 0.490. The number of rotatable bonds is 2. The maximum atomic E-state index is 10.8. The average Bonchev–Trinajstić information content (AvgIpc) is 2.63. The minimum Gasteiger partial charge on any atom is -0.298 e. The molecular weight excluding hydrogens is 284 g/mol. The molecule has 0 radical (unpaired) electrons. The number of thiophene rings is 1. The van der Waals surface area contributed by atoms with Gasteiger partial charge in [-0.05, 0) is 18.2 Å². The number of fused-ring (bicyclic) bond motifs is 1. The largest absolute Gasteiger partial charge is 0.298 e. The van der Waals surface area contributed by atoms with E-state index in [2.05, 4.69) is 15.9 Å². The van der Waals surface area contributed by atoms with Gasteiger partial charge in [-0.1, -0.05) is 15.9 Å². The zero-order chi connectivity index (χ0) is 10.1. The molecule has 2 aromatic rings. The second kappa shape index (κ2) is 4.01. The maximum absolute atomic E-state index is 10.8. The molecule has 0 N–H and O–H groups in total. The highest BCUT2D eigenvalue weighted by Crippen LogP contribution is 2.34. The molecule has 0 amide bonds. The number of carbonyl (C=O) groups excluding carboxylic acids is 1. The molecule has 0 aliphatic rings. The van der Waals surface area contributed by atoms with E-state index in [1.807, 2.05) is 18.2 Å². The standard InChI is InChI=1S/C10H6BrClOS/c11-9-2-1-6(5-13)10-8(9)3-7(4-12)14-10/h1-3,5H,4H2. The molecule has 0 spiro atoms. The van der Waals surface area contributed by atoms with Crippen LogP contribution in [0.4, 0.5) is 0 Å². The van der Waals surface area contributed by atoms with Gasteiger partial charge in [-0.25, -0.2) is 0 Å². The molecule has 0 aliphatic heterocycles. The van der Waals surface area contributed by atoms with Crippen molar-refractivity contribution >= 4 is 55.2 Å². The Balaban J connectivity index is 2.81. The van der Waals surface area contributed by atoms with Crippen molar-refractivity contribution in [3.63, 3.8) is 0 Å². The van der Waals surface area contributed by atoms with E-state index in [4.69, 9.17) is 11.6 Å². The number of hydrogen-bond donors (Lipinski definition) is 0. The number of benzene rings is 1. The number of alkyl halides is 1. The highest BCUT2D eigenvalue weighted by Gasteiger charge is 2.08. The highest BCUT2D eigenvalue weighted by atomic mass is 79.9. The molecule has 2 rings (SSSR count). The molecule has 0 unspecified atom stereocenters. The quantitative estimate of drug-likeness (QED) is 0.598. The SMILES string of the molecule is O=Cc1ccc(Br)c2cc(CCl)sc12. The predicted octanol–water partition coefficient (Wildman–Crippen LogP) is 4.22. The zero-order valence-corrected chi connectivity index (χ0v) is 10.2. The fourth-order valence-electron chi connectivity index (χ4n) is 1.32. The van der Waals surface area contributed by atoms with Gasteiger partial charge in [0.1, 0.15) is 0 Å². The van der Waals surface area contributed by atoms with Gasteiger partial charge in [0.05, 0.1) is 5.88 Å². The number of carbonyl (C=O) groups is 1. The summed E-state index contributed by atoms with van der Waals surface area (Å²) in [7, 11) is 0. The van der Waals surface area contributed by atoms with Crippen LogP contribution in [0.5, 0.6) is 0 Å². The monoisotopic (exact) mass is 288 g/mol. The fourth-order valence-corrected chi connectivity index (χ4v) is 3.14. The van der Waals surface area contributed by atoms with E-state index in [1.165, 1.54) is 0 Å². The molecule has 1 aromatic carbocycles. The van der Waals surface area contributed by atoms with E-state index in [0.29, 0.717) is 5.88 Å². The molecule has 0 saturated heterocycles. The summed E-state index contributed by atoms with van der Waals surface area (Å²) in [5.41, 5.74) is 0.726. The van der Waals surface area contributed by atoms with Gasteiger partial charge in [-0.15, -0.1) is 22.9 Å². The molecule has 0 bridgehead atoms. The summed E-state index contributed by atoms with van der Waals surface area (Å²) >= 11 is 10.8. The third-order valence-corrected chi connectivity index (χ3v) is 4.29. The lowest BCUT2D eigenvalue weighted by Gasteiger charge is -1.95. The predicted molar refractivity (Wildman–Crippen MR) is 64.5 cm³/mol. The summed E-state index contributed by atoms with van der Waals surface area (Å²) in [5, 5.41) is 1.07. The Morgan fingerprint density at radius 1 is 1.50 bits per heavy atom. The van der Waals surface area contributed by atoms with Crippen LogP contribution in [0.3, 0.4) is 0 Å². The number of hydrogen-bond acceptors (Lipinski definition) is 2. The minimum atomic E-state index is 0.490. The van der Waals surface area contributed by atoms with Crippen molar-refractivity contribution in [2.45, 2.75) is 5.88 Å². The Bertz CT molecular complexity index is 492. The first-order valence-electron chi connectivity index (χ1n) is 3.98. The Hall–Kier alpha value is -0.380. The maximum Gasteiger partial charge on any atom is 0.151 e. The van der Waals surface area contributed by atoms with Crippen molar-refractivity contribution in [3.05, 3.63) is 33.1 Å². The lowest BCUT2D eigenvalue weighted by molar-refractivity contribution is 0.112. The second-order valence-corrected chi connectivity index (χ2v) is 5.10. The highest BCUT2D eigenvalue weighted by molar-refractivity contribution is 9.10. The van der Waals surface area contributed by atoms with E-state index in [9.17, 15) is 4.79 Å². The van der Waals surface area contributed by atoms with E-state index in [1.54, 1.807) is 11.3 Å². The van der Waals surface area contributed by atoms with Crippen molar-refractivity contribution in [1.29, 1.82) is 0 Å². The summed E-state index contributed by atoms with van der Waals surface area (Å²) in [5.74, 6) is 0.490. The van der Waals surface area contributed by atoms with Gasteiger partial charge in [0.15, 0.2) is 6.29 Å². The van der Waals surface area contributed by atoms with E-state index < -0.39 is 0 Å². The summed E-state index contributed by atoms with van der Waals surface area (Å²) in [4.78, 5) is 11.9. The molecule has 0 aliphatic carbocycles. The first kappa shape index (κ1) is 10.1. The van der Waals surface area contributed by atoms with Crippen LogP contribution >= 0.6 is 38.9 Å². The number of aldehydes is 1. The fraction of sp³-hybridized carbons (Fsp3) is 0.100. The van der Waals surface area contributed by atoms with Crippen LogP contribution in [0.2, 0.25) is 0 Å². The Kier molecular flexibility index (Phi) is 2.91. The van der Waals surface area contributed by atoms with Crippen molar-refractivity contribution in [2.75, 3.05) is 0 Å². The van der Waals surface area contributed by atoms with Crippen molar-refractivity contribution in [2.24, 2.45) is 0 Å². The molecule has 72 valence electrons. The molecule has 0 atom stereocenters. The zero-order valence-electron chi connectivity index (χ0n) is 7.09. The van der Waals surface area contributed by atoms with Crippen LogP contribution in [-0.4, -0.2) is 6.29 Å². The molecule has 0 saturated carbocycles. The first-order valence-corrected chi connectivity index (χ1v) is 6.12. The molecule has 4 heteroatoms. The van der Waals surface area contributed by atoms with Crippen LogP contribution < -0.4 is 0 Å². The first-order chi connectivity index (χ1) is 6.76. The number of halogens is 2. The molecule has 1 aromatic heterocycles. The van der Waals surface area contributed by atoms with Crippen LogP contribution in [-0.2, 0) is 5.88 Å². The van der Waals surface area contributed by atoms with E-state index in [-0.39, 0.29) is 0 Å². The third-order valence-electron chi connectivity index (χ3n) is 1.97. The Morgan fingerprint density at radius 3 is 2.93 bits per heavy atom. The summed E-state index contributed by atoms with van der Waals surface area (Å²) in [6.07, 6.45) is 0.878. The van der Waals surface area contributed by atoms with Gasteiger partial charge in [-0.2, -0.15) is 0 Å². The van der Waals surface area contributed by atoms with E-state index in [0.717, 1.165) is 31.3 Å². The molecular formula is C10H6BrClOS. The van der Waals surface area contributed by atoms with Gasteiger partial charge in [-0.3, -0.25) is 4.79 Å². The van der Waals surface area contributed by atoms with Gasteiger partial charge < -0.3 is 0 Å². The summed E-state index contributed by atoms with van der Waals surface area (Å²) in [6, 6.07) is 5.72. The lowest BCUT2D eigenvalue weighted by atomic mass is 10.2. The Morgan fingerprint density at radius 2 is 2.29 bits per heavy atom. The third kappa shape index (κ3) is 1.60. The van der Waals surface area contributed by atoms with Crippen molar-refractivity contribution < 1.29 is 4.79 Å². The summed E-state index contributed by atoms with van der Waals surface area (Å²) in [6.45, 7) is 0. The van der Waals surface area contributed by atoms with Gasteiger partial charge in [0.2, 0.25) is 0 Å². The van der Waals surface area contributed by atoms with Crippen molar-refractivity contribution in [1.82, 2.24) is 0 Å². The lowest BCUT2D eigenvalue weighted by Crippen LogP contribution is -1.78. The van der Waals surface area contributed by atoms with E-state index >= 15 is 0 Å². The normalized spacial score (nSPS) is 10.7. The van der Waals surface area contributed by atoms with Gasteiger partial charge in [0, 0.05) is 25.0 Å². The van der Waals surface area contributed by atoms with Crippen LogP contribution in [0, 0.1) is 0 Å². The second-order valence-electron chi connectivity index (χ2n) is 2.84. The van der Waals surface area contributed by atoms with Crippen LogP contribution in [0.25, 0.3) is 10.1 Å². The topological polar surface area (TPSA) is 17.1 Å².